The minimum Gasteiger partial charge on any atom is -0.442 e. The molecule has 8 nitrogen and oxygen atoms in total. The van der Waals surface area contributed by atoms with Gasteiger partial charge >= 0.3 is 11.9 Å². The molecule has 2 aromatic rings. The lowest BCUT2D eigenvalue weighted by molar-refractivity contribution is -0.389. The van der Waals surface area contributed by atoms with Crippen molar-refractivity contribution in [2.75, 3.05) is 0 Å². The fourth-order valence-electron chi connectivity index (χ4n) is 1.55. The van der Waals surface area contributed by atoms with Crippen LogP contribution in [0.5, 0.6) is 0 Å². The first-order valence-corrected chi connectivity index (χ1v) is 6.15. The van der Waals surface area contributed by atoms with E-state index in [4.69, 9.17) is 4.74 Å². The van der Waals surface area contributed by atoms with Gasteiger partial charge in [0.15, 0.2) is 0 Å². The number of hydrogen-bond donors (Lipinski definition) is 0. The third-order valence-electron chi connectivity index (χ3n) is 2.43. The first-order chi connectivity index (χ1) is 9.76. The van der Waals surface area contributed by atoms with E-state index in [-0.39, 0.29) is 5.82 Å². The Morgan fingerprint density at radius 2 is 2.00 bits per heavy atom. The molecule has 2 aromatic heterocycles. The van der Waals surface area contributed by atoms with Crippen LogP contribution < -0.4 is 0 Å². The molecule has 0 aliphatic heterocycles. The lowest BCUT2D eigenvalue weighted by atomic mass is 10.2. The van der Waals surface area contributed by atoms with E-state index in [1.54, 1.807) is 26.8 Å². The summed E-state index contributed by atoms with van der Waals surface area (Å²) in [5.41, 5.74) is 0.622. The second-order valence-corrected chi connectivity index (χ2v) is 5.32. The van der Waals surface area contributed by atoms with E-state index in [9.17, 15) is 14.9 Å². The molecule has 8 heteroatoms. The van der Waals surface area contributed by atoms with Crippen LogP contribution in [0.15, 0.2) is 30.7 Å². The van der Waals surface area contributed by atoms with Crippen LogP contribution in [-0.2, 0) is 4.74 Å². The maximum absolute atomic E-state index is 11.8. The van der Waals surface area contributed by atoms with Crippen molar-refractivity contribution < 1.29 is 14.5 Å². The number of rotatable bonds is 2. The highest BCUT2D eigenvalue weighted by atomic mass is 16.6. The molecule has 0 amide bonds. The molecule has 0 saturated heterocycles. The molecular formula is C13H14N4O4. The fraction of sp³-hybridized carbons (Fsp3) is 0.308. The number of hydrogen-bond acceptors (Lipinski definition) is 6. The molecule has 2 rings (SSSR count). The number of nitro groups is 1. The van der Waals surface area contributed by atoms with Crippen LogP contribution >= 0.6 is 0 Å². The minimum atomic E-state index is -0.613. The molecule has 0 unspecified atom stereocenters. The summed E-state index contributed by atoms with van der Waals surface area (Å²) in [6, 6.07) is 2.84. The minimum absolute atomic E-state index is 0.238. The zero-order chi connectivity index (χ0) is 15.6. The molecular weight excluding hydrogens is 276 g/mol. The van der Waals surface area contributed by atoms with Crippen molar-refractivity contribution in [1.82, 2.24) is 14.8 Å². The first kappa shape index (κ1) is 14.6. The third kappa shape index (κ3) is 3.62. The fourth-order valence-corrected chi connectivity index (χ4v) is 1.55. The van der Waals surface area contributed by atoms with Gasteiger partial charge in [-0.3, -0.25) is 0 Å². The number of carbonyl (C=O) groups excluding carboxylic acids is 1. The highest BCUT2D eigenvalue weighted by Crippen LogP contribution is 2.20. The Hall–Kier alpha value is -2.77. The van der Waals surface area contributed by atoms with Crippen molar-refractivity contribution in [3.05, 3.63) is 40.8 Å². The van der Waals surface area contributed by atoms with Crippen LogP contribution in [0, 0.1) is 10.1 Å². The Balaban J connectivity index is 2.19. The van der Waals surface area contributed by atoms with Gasteiger partial charge in [-0.2, -0.15) is 9.78 Å². The molecule has 0 saturated carbocycles. The van der Waals surface area contributed by atoms with Crippen LogP contribution in [0.4, 0.5) is 10.6 Å². The highest BCUT2D eigenvalue weighted by molar-refractivity contribution is 5.72. The molecule has 0 fully saturated rings. The van der Waals surface area contributed by atoms with Gasteiger partial charge in [-0.1, -0.05) is 0 Å². The normalized spacial score (nSPS) is 11.2. The number of nitrogens with zero attached hydrogens (tertiary/aromatic N) is 4. The molecule has 0 N–H and O–H groups in total. The van der Waals surface area contributed by atoms with Crippen LogP contribution in [-0.4, -0.2) is 31.4 Å². The number of pyridine rings is 1. The second-order valence-electron chi connectivity index (χ2n) is 5.32. The van der Waals surface area contributed by atoms with Crippen molar-refractivity contribution in [2.45, 2.75) is 26.4 Å². The van der Waals surface area contributed by atoms with Crippen molar-refractivity contribution >= 4 is 11.9 Å². The summed E-state index contributed by atoms with van der Waals surface area (Å²) < 4.78 is 6.25. The number of carbonyl (C=O) groups is 1. The van der Waals surface area contributed by atoms with Crippen LogP contribution in [0.25, 0.3) is 11.1 Å². The Morgan fingerprint density at radius 3 is 2.52 bits per heavy atom. The molecule has 0 aromatic carbocycles. The van der Waals surface area contributed by atoms with E-state index in [0.717, 1.165) is 4.68 Å². The Kier molecular flexibility index (Phi) is 3.70. The standard InChI is InChI=1S/C13H14N4O4/c1-13(2,3)21-12(18)16-8-10(7-15-16)9-4-5-11(14-6-9)17(19)20/h4-8H,1-3H3. The van der Waals surface area contributed by atoms with Gasteiger partial charge in [-0.25, -0.2) is 4.79 Å². The Labute approximate surface area is 120 Å². The number of aromatic nitrogens is 3. The lowest BCUT2D eigenvalue weighted by Gasteiger charge is -2.18. The van der Waals surface area contributed by atoms with Gasteiger partial charge in [-0.15, -0.1) is 0 Å². The summed E-state index contributed by atoms with van der Waals surface area (Å²) in [6.07, 6.45) is 3.71. The quantitative estimate of drug-likeness (QED) is 0.622. The SMILES string of the molecule is CC(C)(C)OC(=O)n1cc(-c2ccc([N+](=O)[O-])nc2)cn1. The van der Waals surface area contributed by atoms with E-state index in [1.807, 2.05) is 0 Å². The zero-order valence-electron chi connectivity index (χ0n) is 11.8. The molecule has 110 valence electrons. The van der Waals surface area contributed by atoms with E-state index < -0.39 is 16.6 Å². The largest absolute Gasteiger partial charge is 0.442 e. The van der Waals surface area contributed by atoms with Gasteiger partial charge in [0.25, 0.3) is 0 Å². The van der Waals surface area contributed by atoms with Crippen LogP contribution in [0.1, 0.15) is 20.8 Å². The monoisotopic (exact) mass is 290 g/mol. The number of ether oxygens (including phenoxy) is 1. The molecule has 0 radical (unpaired) electrons. The summed E-state index contributed by atoms with van der Waals surface area (Å²) in [5, 5.41) is 14.5. The zero-order valence-corrected chi connectivity index (χ0v) is 11.8. The summed E-state index contributed by atoms with van der Waals surface area (Å²) in [7, 11) is 0. The van der Waals surface area contributed by atoms with Gasteiger partial charge in [0.1, 0.15) is 11.8 Å². The molecule has 0 aliphatic rings. The average molecular weight is 290 g/mol. The highest BCUT2D eigenvalue weighted by Gasteiger charge is 2.19. The summed E-state index contributed by atoms with van der Waals surface area (Å²) in [5.74, 6) is -0.238. The van der Waals surface area contributed by atoms with E-state index in [2.05, 4.69) is 10.1 Å². The second kappa shape index (κ2) is 5.31. The first-order valence-electron chi connectivity index (χ1n) is 6.15. The Bertz CT molecular complexity index is 670. The maximum atomic E-state index is 11.8. The Morgan fingerprint density at radius 1 is 1.29 bits per heavy atom. The molecule has 0 atom stereocenters. The molecule has 21 heavy (non-hydrogen) atoms. The van der Waals surface area contributed by atoms with Gasteiger partial charge in [-0.05, 0) is 36.7 Å². The predicted molar refractivity (Wildman–Crippen MR) is 73.7 cm³/mol. The molecule has 0 bridgehead atoms. The van der Waals surface area contributed by atoms with Crippen molar-refractivity contribution in [3.8, 4) is 11.1 Å². The summed E-state index contributed by atoms with van der Waals surface area (Å²) in [6.45, 7) is 5.28. The van der Waals surface area contributed by atoms with Gasteiger partial charge in [0, 0.05) is 23.4 Å². The molecule has 2 heterocycles. The van der Waals surface area contributed by atoms with Gasteiger partial charge in [0.05, 0.1) is 6.20 Å². The van der Waals surface area contributed by atoms with Crippen molar-refractivity contribution in [3.63, 3.8) is 0 Å². The van der Waals surface area contributed by atoms with E-state index in [1.165, 1.54) is 24.7 Å². The van der Waals surface area contributed by atoms with Crippen molar-refractivity contribution in [1.29, 1.82) is 0 Å². The predicted octanol–water partition coefficient (Wildman–Crippen LogP) is 2.64. The topological polar surface area (TPSA) is 100 Å². The van der Waals surface area contributed by atoms with Crippen molar-refractivity contribution in [2.24, 2.45) is 0 Å². The van der Waals surface area contributed by atoms with Gasteiger partial charge < -0.3 is 14.9 Å². The smallest absolute Gasteiger partial charge is 0.435 e. The van der Waals surface area contributed by atoms with Crippen LogP contribution in [0.2, 0.25) is 0 Å². The molecule has 0 aliphatic carbocycles. The average Bonchev–Trinajstić information content (AvgIpc) is 2.86. The molecule has 0 spiro atoms. The van der Waals surface area contributed by atoms with Crippen LogP contribution in [0.3, 0.4) is 0 Å². The summed E-state index contributed by atoms with van der Waals surface area (Å²) in [4.78, 5) is 25.5. The lowest BCUT2D eigenvalue weighted by Crippen LogP contribution is -2.27. The third-order valence-corrected chi connectivity index (χ3v) is 2.43. The van der Waals surface area contributed by atoms with E-state index in [0.29, 0.717) is 11.1 Å². The summed E-state index contributed by atoms with van der Waals surface area (Å²) >= 11 is 0. The maximum Gasteiger partial charge on any atom is 0.435 e. The van der Waals surface area contributed by atoms with E-state index >= 15 is 0 Å². The van der Waals surface area contributed by atoms with Gasteiger partial charge in [0.2, 0.25) is 0 Å².